The van der Waals surface area contributed by atoms with Gasteiger partial charge >= 0.3 is 0 Å². The number of hydrogen-bond acceptors (Lipinski definition) is 5. The van der Waals surface area contributed by atoms with E-state index in [-0.39, 0.29) is 5.91 Å². The van der Waals surface area contributed by atoms with Gasteiger partial charge in [-0.2, -0.15) is 0 Å². The molecular formula is C19H21N5O. The van der Waals surface area contributed by atoms with Gasteiger partial charge in [-0.15, -0.1) is 0 Å². The molecule has 2 aliphatic rings. The monoisotopic (exact) mass is 335 g/mol. The van der Waals surface area contributed by atoms with Crippen LogP contribution in [0.3, 0.4) is 0 Å². The van der Waals surface area contributed by atoms with Crippen molar-refractivity contribution < 1.29 is 4.79 Å². The molecule has 128 valence electrons. The van der Waals surface area contributed by atoms with Crippen LogP contribution in [0.1, 0.15) is 12.0 Å². The zero-order valence-corrected chi connectivity index (χ0v) is 14.0. The van der Waals surface area contributed by atoms with Gasteiger partial charge < -0.3 is 10.2 Å². The Morgan fingerprint density at radius 3 is 2.72 bits per heavy atom. The summed E-state index contributed by atoms with van der Waals surface area (Å²) in [6, 6.07) is 5.62. The third-order valence-electron chi connectivity index (χ3n) is 5.09. The molecule has 2 fully saturated rings. The minimum absolute atomic E-state index is 0.0472. The number of amides is 1. The standard InChI is InChI=1S/C19H21N5O/c25-18(5-4-14-3-1-7-20-11-14)21-10-6-15-16-12-24(13-17(15)16)19-22-8-2-9-23-19/h1-5,7-9,11,15-17H,6,10,12-13H2,(H,21,25)/b5-4+/t15-,16-,17+. The van der Waals surface area contributed by atoms with Gasteiger partial charge in [-0.25, -0.2) is 9.97 Å². The maximum atomic E-state index is 11.9. The lowest BCUT2D eigenvalue weighted by molar-refractivity contribution is -0.116. The van der Waals surface area contributed by atoms with Crippen LogP contribution in [0.25, 0.3) is 6.08 Å². The molecule has 25 heavy (non-hydrogen) atoms. The molecule has 0 unspecified atom stereocenters. The van der Waals surface area contributed by atoms with E-state index in [2.05, 4.69) is 25.2 Å². The van der Waals surface area contributed by atoms with Crippen molar-refractivity contribution in [2.75, 3.05) is 24.5 Å². The minimum atomic E-state index is -0.0472. The van der Waals surface area contributed by atoms with Gasteiger partial charge in [0.05, 0.1) is 0 Å². The first-order valence-electron chi connectivity index (χ1n) is 8.69. The van der Waals surface area contributed by atoms with Gasteiger partial charge in [0.2, 0.25) is 11.9 Å². The zero-order valence-electron chi connectivity index (χ0n) is 14.0. The third kappa shape index (κ3) is 3.68. The topological polar surface area (TPSA) is 71.0 Å². The first-order chi connectivity index (χ1) is 12.3. The molecule has 0 aromatic carbocycles. The fraction of sp³-hybridized carbons (Fsp3) is 0.368. The second-order valence-corrected chi connectivity index (χ2v) is 6.64. The van der Waals surface area contributed by atoms with E-state index in [4.69, 9.17) is 0 Å². The molecule has 2 aromatic rings. The Bertz CT molecular complexity index is 737. The molecule has 0 radical (unpaired) electrons. The van der Waals surface area contributed by atoms with Crippen molar-refractivity contribution in [2.45, 2.75) is 6.42 Å². The zero-order chi connectivity index (χ0) is 17.1. The van der Waals surface area contributed by atoms with Crippen molar-refractivity contribution in [2.24, 2.45) is 17.8 Å². The molecule has 3 heterocycles. The van der Waals surface area contributed by atoms with Crippen LogP contribution >= 0.6 is 0 Å². The van der Waals surface area contributed by atoms with E-state index in [1.807, 2.05) is 18.2 Å². The van der Waals surface area contributed by atoms with Crippen molar-refractivity contribution in [3.8, 4) is 0 Å². The number of carbonyl (C=O) groups is 1. The number of hydrogen-bond donors (Lipinski definition) is 1. The highest BCUT2D eigenvalue weighted by Gasteiger charge is 2.55. The Balaban J connectivity index is 1.17. The normalized spacial score (nSPS) is 24.3. The molecule has 1 N–H and O–H groups in total. The van der Waals surface area contributed by atoms with Crippen LogP contribution in [-0.4, -0.2) is 40.5 Å². The summed E-state index contributed by atoms with van der Waals surface area (Å²) in [5.41, 5.74) is 0.928. The highest BCUT2D eigenvalue weighted by molar-refractivity contribution is 5.91. The van der Waals surface area contributed by atoms with Crippen LogP contribution in [0.15, 0.2) is 49.1 Å². The Kier molecular flexibility index (Phi) is 4.41. The van der Waals surface area contributed by atoms with E-state index in [1.54, 1.807) is 36.9 Å². The highest BCUT2D eigenvalue weighted by Crippen LogP contribution is 2.53. The fourth-order valence-corrected chi connectivity index (χ4v) is 3.76. The first-order valence-corrected chi connectivity index (χ1v) is 8.69. The summed E-state index contributed by atoms with van der Waals surface area (Å²) in [5, 5.41) is 2.97. The van der Waals surface area contributed by atoms with Crippen molar-refractivity contribution in [1.29, 1.82) is 0 Å². The summed E-state index contributed by atoms with van der Waals surface area (Å²) in [7, 11) is 0. The number of nitrogens with one attached hydrogen (secondary N) is 1. The largest absolute Gasteiger partial charge is 0.353 e. The predicted molar refractivity (Wildman–Crippen MR) is 95.6 cm³/mol. The van der Waals surface area contributed by atoms with E-state index in [9.17, 15) is 4.79 Å². The van der Waals surface area contributed by atoms with E-state index < -0.39 is 0 Å². The molecular weight excluding hydrogens is 314 g/mol. The number of piperidine rings is 1. The average Bonchev–Trinajstić information content (AvgIpc) is 3.11. The molecule has 6 heteroatoms. The minimum Gasteiger partial charge on any atom is -0.353 e. The van der Waals surface area contributed by atoms with Gasteiger partial charge in [0, 0.05) is 50.5 Å². The molecule has 3 atom stereocenters. The van der Waals surface area contributed by atoms with Crippen LogP contribution in [0, 0.1) is 17.8 Å². The molecule has 4 rings (SSSR count). The molecule has 1 amide bonds. The maximum Gasteiger partial charge on any atom is 0.244 e. The van der Waals surface area contributed by atoms with Crippen LogP contribution in [0.5, 0.6) is 0 Å². The fourth-order valence-electron chi connectivity index (χ4n) is 3.76. The van der Waals surface area contributed by atoms with E-state index in [0.717, 1.165) is 55.3 Å². The average molecular weight is 335 g/mol. The second-order valence-electron chi connectivity index (χ2n) is 6.64. The summed E-state index contributed by atoms with van der Waals surface area (Å²) in [5.74, 6) is 2.97. The van der Waals surface area contributed by atoms with Gasteiger partial charge in [-0.1, -0.05) is 6.07 Å². The van der Waals surface area contributed by atoms with Crippen LogP contribution in [-0.2, 0) is 4.79 Å². The number of carbonyl (C=O) groups excluding carboxylic acids is 1. The smallest absolute Gasteiger partial charge is 0.244 e. The summed E-state index contributed by atoms with van der Waals surface area (Å²) in [4.78, 5) is 26.8. The quantitative estimate of drug-likeness (QED) is 0.815. The van der Waals surface area contributed by atoms with E-state index >= 15 is 0 Å². The van der Waals surface area contributed by atoms with Crippen molar-refractivity contribution in [3.63, 3.8) is 0 Å². The number of rotatable bonds is 6. The van der Waals surface area contributed by atoms with Crippen LogP contribution < -0.4 is 10.2 Å². The Labute approximate surface area is 147 Å². The molecule has 1 aliphatic heterocycles. The highest BCUT2D eigenvalue weighted by atomic mass is 16.1. The maximum absolute atomic E-state index is 11.9. The van der Waals surface area contributed by atoms with Crippen LogP contribution in [0.2, 0.25) is 0 Å². The lowest BCUT2D eigenvalue weighted by Gasteiger charge is -2.19. The predicted octanol–water partition coefficient (Wildman–Crippen LogP) is 1.77. The summed E-state index contributed by atoms with van der Waals surface area (Å²) < 4.78 is 0. The van der Waals surface area contributed by atoms with Gasteiger partial charge in [-0.3, -0.25) is 9.78 Å². The van der Waals surface area contributed by atoms with Gasteiger partial charge in [0.1, 0.15) is 0 Å². The Hall–Kier alpha value is -2.76. The molecule has 6 nitrogen and oxygen atoms in total. The number of aromatic nitrogens is 3. The van der Waals surface area contributed by atoms with Crippen LogP contribution in [0.4, 0.5) is 5.95 Å². The number of pyridine rings is 1. The van der Waals surface area contributed by atoms with Crippen molar-refractivity contribution in [3.05, 3.63) is 54.6 Å². The number of nitrogens with zero attached hydrogens (tertiary/aromatic N) is 4. The molecule has 0 bridgehead atoms. The molecule has 2 aromatic heterocycles. The lowest BCUT2D eigenvalue weighted by Crippen LogP contribution is -2.27. The Morgan fingerprint density at radius 1 is 1.20 bits per heavy atom. The van der Waals surface area contributed by atoms with Gasteiger partial charge in [-0.05, 0) is 47.9 Å². The first kappa shape index (κ1) is 15.7. The molecule has 1 saturated heterocycles. The Morgan fingerprint density at radius 2 is 2.00 bits per heavy atom. The molecule has 0 spiro atoms. The van der Waals surface area contributed by atoms with E-state index in [0.29, 0.717) is 0 Å². The summed E-state index contributed by atoms with van der Waals surface area (Å²) in [6.07, 6.45) is 11.4. The van der Waals surface area contributed by atoms with Crippen molar-refractivity contribution in [1.82, 2.24) is 20.3 Å². The molecule has 1 saturated carbocycles. The number of anilines is 1. The summed E-state index contributed by atoms with van der Waals surface area (Å²) >= 11 is 0. The van der Waals surface area contributed by atoms with E-state index in [1.165, 1.54) is 0 Å². The number of fused-ring (bicyclic) bond motifs is 1. The summed E-state index contributed by atoms with van der Waals surface area (Å²) in [6.45, 7) is 2.80. The molecule has 1 aliphatic carbocycles. The van der Waals surface area contributed by atoms with Gasteiger partial charge in [0.25, 0.3) is 0 Å². The third-order valence-corrected chi connectivity index (χ3v) is 5.09. The SMILES string of the molecule is O=C(/C=C/c1cccnc1)NCC[C@@H]1[C@H]2CN(c3ncccn3)C[C@@H]12. The lowest BCUT2D eigenvalue weighted by atomic mass is 10.2. The van der Waals surface area contributed by atoms with Gasteiger partial charge in [0.15, 0.2) is 0 Å². The van der Waals surface area contributed by atoms with Crippen molar-refractivity contribution >= 4 is 17.9 Å². The second kappa shape index (κ2) is 7.01.